The Kier molecular flexibility index (Phi) is 4.64. The molecule has 0 aromatic carbocycles. The van der Waals surface area contributed by atoms with E-state index in [0.29, 0.717) is 23.4 Å². The van der Waals surface area contributed by atoms with Crippen molar-refractivity contribution in [2.24, 2.45) is 5.41 Å². The van der Waals surface area contributed by atoms with Gasteiger partial charge in [-0.1, -0.05) is 19.3 Å². The monoisotopic (exact) mass is 304 g/mol. The van der Waals surface area contributed by atoms with Crippen molar-refractivity contribution in [3.63, 3.8) is 0 Å². The number of hydrogen-bond donors (Lipinski definition) is 1. The Balaban J connectivity index is 1.70. The van der Waals surface area contributed by atoms with Gasteiger partial charge < -0.3 is 10.5 Å². The Hall–Kier alpha value is -1.20. The maximum Gasteiger partial charge on any atom is 0.144 e. The molecule has 5 nitrogen and oxygen atoms in total. The van der Waals surface area contributed by atoms with Crippen molar-refractivity contribution < 1.29 is 4.74 Å². The molecule has 2 aliphatic rings. The summed E-state index contributed by atoms with van der Waals surface area (Å²) in [5.41, 5.74) is 6.12. The summed E-state index contributed by atoms with van der Waals surface area (Å²) in [6, 6.07) is 2.31. The number of rotatable bonds is 5. The molecule has 3 rings (SSSR count). The van der Waals surface area contributed by atoms with E-state index in [1.54, 1.807) is 12.3 Å². The van der Waals surface area contributed by atoms with Crippen LogP contribution < -0.4 is 5.73 Å². The van der Waals surface area contributed by atoms with E-state index in [4.69, 9.17) is 10.5 Å². The zero-order valence-corrected chi connectivity index (χ0v) is 13.8. The van der Waals surface area contributed by atoms with Crippen LogP contribution in [0.2, 0.25) is 0 Å². The Morgan fingerprint density at radius 2 is 2.14 bits per heavy atom. The van der Waals surface area contributed by atoms with Crippen LogP contribution in [0.4, 0.5) is 5.82 Å². The number of hydrogen-bond acceptors (Lipinski definition) is 5. The van der Waals surface area contributed by atoms with Crippen molar-refractivity contribution in [3.05, 3.63) is 18.1 Å². The van der Waals surface area contributed by atoms with Crippen LogP contribution in [0, 0.1) is 5.41 Å². The van der Waals surface area contributed by atoms with Gasteiger partial charge in [-0.15, -0.1) is 0 Å². The zero-order chi connectivity index (χ0) is 15.6. The van der Waals surface area contributed by atoms with Gasteiger partial charge in [-0.05, 0) is 39.3 Å². The first kappa shape index (κ1) is 15.7. The van der Waals surface area contributed by atoms with E-state index >= 15 is 0 Å². The molecule has 0 amide bonds. The quantitative estimate of drug-likeness (QED) is 0.906. The van der Waals surface area contributed by atoms with Crippen molar-refractivity contribution in [1.82, 2.24) is 14.9 Å². The first-order chi connectivity index (χ1) is 10.7. The van der Waals surface area contributed by atoms with Crippen molar-refractivity contribution in [2.45, 2.75) is 64.1 Å². The first-order valence-corrected chi connectivity index (χ1v) is 8.55. The van der Waals surface area contributed by atoms with Crippen LogP contribution in [-0.4, -0.2) is 40.7 Å². The van der Waals surface area contributed by atoms with Crippen LogP contribution in [0.15, 0.2) is 12.3 Å². The van der Waals surface area contributed by atoms with Crippen LogP contribution in [0.1, 0.15) is 51.3 Å². The van der Waals surface area contributed by atoms with Gasteiger partial charge in [-0.2, -0.15) is 0 Å². The zero-order valence-electron chi connectivity index (χ0n) is 13.8. The number of aromatic nitrogens is 2. The SMILES string of the molecule is CCO[C@@H]1C[C@@H](N(C)Cc2nccc(N)n2)C12CCCCC2. The molecule has 2 aliphatic carbocycles. The van der Waals surface area contributed by atoms with Crippen molar-refractivity contribution >= 4 is 5.82 Å². The smallest absolute Gasteiger partial charge is 0.144 e. The lowest BCUT2D eigenvalue weighted by molar-refractivity contribution is -0.180. The molecule has 0 saturated heterocycles. The fourth-order valence-corrected chi connectivity index (χ4v) is 4.47. The fraction of sp³-hybridized carbons (Fsp3) is 0.765. The van der Waals surface area contributed by atoms with Crippen molar-refractivity contribution in [2.75, 3.05) is 19.4 Å². The van der Waals surface area contributed by atoms with Crippen LogP contribution in [0.3, 0.4) is 0 Å². The molecule has 2 fully saturated rings. The standard InChI is InChI=1S/C17H28N4O/c1-3-22-14-11-13(17(14)8-5-4-6-9-17)21(2)12-16-19-10-7-15(18)20-16/h7,10,13-14H,3-6,8-9,11-12H2,1-2H3,(H2,18,19,20)/t13-,14-/m1/s1. The third kappa shape index (κ3) is 2.84. The molecule has 1 spiro atoms. The van der Waals surface area contributed by atoms with E-state index in [1.807, 2.05) is 0 Å². The predicted molar refractivity (Wildman–Crippen MR) is 87.2 cm³/mol. The minimum atomic E-state index is 0.351. The maximum absolute atomic E-state index is 6.04. The number of anilines is 1. The molecule has 2 atom stereocenters. The third-order valence-electron chi connectivity index (χ3n) is 5.54. The summed E-state index contributed by atoms with van der Waals surface area (Å²) in [5, 5.41) is 0. The van der Waals surface area contributed by atoms with Crippen LogP contribution >= 0.6 is 0 Å². The summed E-state index contributed by atoms with van der Waals surface area (Å²) in [5.74, 6) is 1.36. The highest BCUT2D eigenvalue weighted by molar-refractivity contribution is 5.25. The van der Waals surface area contributed by atoms with Crippen molar-refractivity contribution in [3.8, 4) is 0 Å². The minimum absolute atomic E-state index is 0.351. The molecule has 22 heavy (non-hydrogen) atoms. The molecule has 1 aromatic rings. The van der Waals surface area contributed by atoms with Gasteiger partial charge in [-0.3, -0.25) is 4.90 Å². The van der Waals surface area contributed by atoms with Gasteiger partial charge in [0.25, 0.3) is 0 Å². The highest BCUT2D eigenvalue weighted by atomic mass is 16.5. The molecule has 2 saturated carbocycles. The van der Waals surface area contributed by atoms with Gasteiger partial charge >= 0.3 is 0 Å². The lowest BCUT2D eigenvalue weighted by Gasteiger charge is -2.60. The summed E-state index contributed by atoms with van der Waals surface area (Å²) in [7, 11) is 2.19. The predicted octanol–water partition coefficient (Wildman–Crippen LogP) is 2.62. The third-order valence-corrected chi connectivity index (χ3v) is 5.54. The average molecular weight is 304 g/mol. The Bertz CT molecular complexity index is 501. The van der Waals surface area contributed by atoms with Gasteiger partial charge in [0.1, 0.15) is 11.6 Å². The number of nitrogen functional groups attached to an aromatic ring is 1. The normalized spacial score (nSPS) is 27.0. The molecule has 5 heteroatoms. The molecule has 0 radical (unpaired) electrons. The fourth-order valence-electron chi connectivity index (χ4n) is 4.47. The Morgan fingerprint density at radius 3 is 2.82 bits per heavy atom. The number of ether oxygens (including phenoxy) is 1. The molecule has 0 unspecified atom stereocenters. The molecule has 0 bridgehead atoms. The molecular formula is C17H28N4O. The van der Waals surface area contributed by atoms with Gasteiger partial charge in [0, 0.05) is 24.3 Å². The van der Waals surface area contributed by atoms with E-state index in [0.717, 1.165) is 25.4 Å². The second-order valence-electron chi connectivity index (χ2n) is 6.80. The van der Waals surface area contributed by atoms with Crippen molar-refractivity contribution in [1.29, 1.82) is 0 Å². The van der Waals surface area contributed by atoms with E-state index in [-0.39, 0.29) is 0 Å². The summed E-state index contributed by atoms with van der Waals surface area (Å²) in [4.78, 5) is 11.1. The first-order valence-electron chi connectivity index (χ1n) is 8.55. The summed E-state index contributed by atoms with van der Waals surface area (Å²) in [6.45, 7) is 3.69. The molecule has 2 N–H and O–H groups in total. The number of nitrogens with zero attached hydrogens (tertiary/aromatic N) is 3. The summed E-state index contributed by atoms with van der Waals surface area (Å²) < 4.78 is 6.04. The van der Waals surface area contributed by atoms with Gasteiger partial charge in [-0.25, -0.2) is 9.97 Å². The second kappa shape index (κ2) is 6.50. The molecule has 1 aromatic heterocycles. The van der Waals surface area contributed by atoms with Gasteiger partial charge in [0.2, 0.25) is 0 Å². The van der Waals surface area contributed by atoms with Gasteiger partial charge in [0.15, 0.2) is 0 Å². The molecule has 1 heterocycles. The van der Waals surface area contributed by atoms with E-state index < -0.39 is 0 Å². The van der Waals surface area contributed by atoms with Crippen LogP contribution in [0.25, 0.3) is 0 Å². The van der Waals surface area contributed by atoms with E-state index in [9.17, 15) is 0 Å². The molecule has 0 aliphatic heterocycles. The Labute approximate surface area is 133 Å². The maximum atomic E-state index is 6.04. The second-order valence-corrected chi connectivity index (χ2v) is 6.80. The summed E-state index contributed by atoms with van der Waals surface area (Å²) >= 11 is 0. The topological polar surface area (TPSA) is 64.3 Å². The van der Waals surface area contributed by atoms with Crippen LogP contribution in [0.5, 0.6) is 0 Å². The van der Waals surface area contributed by atoms with Crippen LogP contribution in [-0.2, 0) is 11.3 Å². The van der Waals surface area contributed by atoms with E-state index in [2.05, 4.69) is 28.8 Å². The largest absolute Gasteiger partial charge is 0.384 e. The highest BCUT2D eigenvalue weighted by Gasteiger charge is 2.56. The lowest BCUT2D eigenvalue weighted by Crippen LogP contribution is -2.64. The summed E-state index contributed by atoms with van der Waals surface area (Å²) in [6.07, 6.45) is 9.94. The molecular weight excluding hydrogens is 276 g/mol. The minimum Gasteiger partial charge on any atom is -0.384 e. The Morgan fingerprint density at radius 1 is 1.36 bits per heavy atom. The van der Waals surface area contributed by atoms with Gasteiger partial charge in [0.05, 0.1) is 12.6 Å². The average Bonchev–Trinajstić information content (AvgIpc) is 2.51. The highest BCUT2D eigenvalue weighted by Crippen LogP contribution is 2.55. The number of nitrogens with two attached hydrogens (primary N) is 1. The molecule has 122 valence electrons. The lowest BCUT2D eigenvalue weighted by atomic mass is 9.54. The van der Waals surface area contributed by atoms with E-state index in [1.165, 1.54) is 32.1 Å².